The van der Waals surface area contributed by atoms with E-state index in [1.54, 1.807) is 0 Å². The number of rotatable bonds is 8. The molecule has 0 spiro atoms. The summed E-state index contributed by atoms with van der Waals surface area (Å²) in [7, 11) is 0. The predicted octanol–water partition coefficient (Wildman–Crippen LogP) is 6.44. The number of unbranched alkanes of at least 4 members (excludes halogenated alkanes) is 1. The van der Waals surface area contributed by atoms with Crippen LogP contribution in [0.2, 0.25) is 0 Å². The Kier molecular flexibility index (Phi) is 7.93. The zero-order valence-corrected chi connectivity index (χ0v) is 19.2. The lowest BCUT2D eigenvalue weighted by molar-refractivity contribution is -0.0868. The van der Waals surface area contributed by atoms with E-state index in [0.29, 0.717) is 18.4 Å². The quantitative estimate of drug-likeness (QED) is 0.499. The zero-order valence-electron chi connectivity index (χ0n) is 19.2. The molecule has 0 saturated heterocycles. The summed E-state index contributed by atoms with van der Waals surface area (Å²) < 4.78 is 0. The van der Waals surface area contributed by atoms with E-state index in [1.807, 2.05) is 0 Å². The molecule has 3 aliphatic carbocycles. The lowest BCUT2D eigenvalue weighted by atomic mass is 9.55. The van der Waals surface area contributed by atoms with Gasteiger partial charge in [0.15, 0.2) is 0 Å². The Morgan fingerprint density at radius 2 is 1.68 bits per heavy atom. The van der Waals surface area contributed by atoms with E-state index in [-0.39, 0.29) is 5.60 Å². The van der Waals surface area contributed by atoms with Gasteiger partial charge in [0.1, 0.15) is 0 Å². The maximum Gasteiger partial charge on any atom is 0.0653 e. The first-order chi connectivity index (χ1) is 13.4. The van der Waals surface area contributed by atoms with Crippen molar-refractivity contribution >= 4 is 0 Å². The summed E-state index contributed by atoms with van der Waals surface area (Å²) >= 11 is 0. The van der Waals surface area contributed by atoms with Gasteiger partial charge in [0.05, 0.1) is 5.60 Å². The van der Waals surface area contributed by atoms with Crippen molar-refractivity contribution in [2.24, 2.45) is 47.3 Å². The van der Waals surface area contributed by atoms with Gasteiger partial charge in [-0.15, -0.1) is 0 Å². The van der Waals surface area contributed by atoms with Crippen LogP contribution >= 0.6 is 0 Å². The largest absolute Gasteiger partial charge is 0.396 e. The normalized spacial score (nSPS) is 42.5. The second-order valence-electron chi connectivity index (χ2n) is 11.5. The highest BCUT2D eigenvalue weighted by Gasteiger charge is 2.48. The molecule has 3 saturated carbocycles. The molecule has 0 aliphatic heterocycles. The number of hydrogen-bond donors (Lipinski definition) is 2. The molecule has 8 atom stereocenters. The van der Waals surface area contributed by atoms with Gasteiger partial charge in [0.2, 0.25) is 0 Å². The lowest BCUT2D eigenvalue weighted by Gasteiger charge is -2.52. The van der Waals surface area contributed by atoms with E-state index in [2.05, 4.69) is 27.7 Å². The highest BCUT2D eigenvalue weighted by atomic mass is 16.3. The van der Waals surface area contributed by atoms with E-state index < -0.39 is 0 Å². The van der Waals surface area contributed by atoms with Gasteiger partial charge in [-0.05, 0) is 112 Å². The number of aliphatic hydroxyl groups is 2. The summed E-state index contributed by atoms with van der Waals surface area (Å²) in [4.78, 5) is 0. The van der Waals surface area contributed by atoms with Crippen molar-refractivity contribution < 1.29 is 10.2 Å². The monoisotopic (exact) mass is 392 g/mol. The van der Waals surface area contributed by atoms with Crippen LogP contribution in [0.5, 0.6) is 0 Å². The second kappa shape index (κ2) is 9.82. The molecule has 2 heteroatoms. The highest BCUT2D eigenvalue weighted by molar-refractivity contribution is 4.99. The second-order valence-corrected chi connectivity index (χ2v) is 11.5. The molecule has 2 nitrogen and oxygen atoms in total. The Morgan fingerprint density at radius 3 is 2.36 bits per heavy atom. The van der Waals surface area contributed by atoms with Crippen molar-refractivity contribution in [3.8, 4) is 0 Å². The Bertz CT molecular complexity index is 475. The molecule has 0 aromatic carbocycles. The SMILES string of the molecule is CCCC[C@H]1[C@H]([C@@H]2CC[C@H](C(C)CO)C2)CC[C@@H]2C[C@@](O)(CC(C)C)CC[C@@H]21. The molecule has 0 radical (unpaired) electrons. The third-order valence-electron chi connectivity index (χ3n) is 9.05. The fourth-order valence-corrected chi connectivity index (χ4v) is 7.74. The molecule has 164 valence electrons. The lowest BCUT2D eigenvalue weighted by Crippen LogP contribution is -2.47. The summed E-state index contributed by atoms with van der Waals surface area (Å²) in [5.41, 5.74) is -0.382. The Balaban J connectivity index is 1.68. The van der Waals surface area contributed by atoms with Gasteiger partial charge in [-0.2, -0.15) is 0 Å². The van der Waals surface area contributed by atoms with Crippen LogP contribution in [0.1, 0.15) is 105 Å². The summed E-state index contributed by atoms with van der Waals surface area (Å²) in [6, 6.07) is 0. The van der Waals surface area contributed by atoms with Crippen LogP contribution in [0.15, 0.2) is 0 Å². The van der Waals surface area contributed by atoms with Crippen LogP contribution in [-0.4, -0.2) is 22.4 Å². The van der Waals surface area contributed by atoms with Crippen LogP contribution < -0.4 is 0 Å². The fraction of sp³-hybridized carbons (Fsp3) is 1.00. The molecule has 0 heterocycles. The van der Waals surface area contributed by atoms with E-state index >= 15 is 0 Å². The van der Waals surface area contributed by atoms with Gasteiger partial charge in [0.25, 0.3) is 0 Å². The predicted molar refractivity (Wildman–Crippen MR) is 118 cm³/mol. The minimum absolute atomic E-state index is 0.362. The Morgan fingerprint density at radius 1 is 0.964 bits per heavy atom. The molecule has 1 unspecified atom stereocenters. The van der Waals surface area contributed by atoms with Crippen molar-refractivity contribution in [3.63, 3.8) is 0 Å². The zero-order chi connectivity index (χ0) is 20.3. The van der Waals surface area contributed by atoms with E-state index in [4.69, 9.17) is 0 Å². The Labute approximate surface area is 174 Å². The van der Waals surface area contributed by atoms with Gasteiger partial charge in [-0.3, -0.25) is 0 Å². The van der Waals surface area contributed by atoms with E-state index in [9.17, 15) is 10.2 Å². The van der Waals surface area contributed by atoms with Gasteiger partial charge in [0, 0.05) is 6.61 Å². The average molecular weight is 393 g/mol. The molecule has 3 rings (SSSR count). The molecule has 0 aromatic rings. The molecule has 0 bridgehead atoms. The van der Waals surface area contributed by atoms with Gasteiger partial charge in [-0.25, -0.2) is 0 Å². The summed E-state index contributed by atoms with van der Waals surface area (Å²) in [5, 5.41) is 20.8. The molecule has 0 aromatic heterocycles. The first-order valence-corrected chi connectivity index (χ1v) is 12.7. The molecule has 3 fully saturated rings. The van der Waals surface area contributed by atoms with Crippen molar-refractivity contribution in [2.75, 3.05) is 6.61 Å². The number of hydrogen-bond acceptors (Lipinski definition) is 2. The van der Waals surface area contributed by atoms with Gasteiger partial charge >= 0.3 is 0 Å². The van der Waals surface area contributed by atoms with Gasteiger partial charge < -0.3 is 10.2 Å². The summed E-state index contributed by atoms with van der Waals surface area (Å²) in [6.07, 6.45) is 15.3. The third-order valence-corrected chi connectivity index (χ3v) is 9.05. The molecule has 3 aliphatic rings. The maximum atomic E-state index is 11.2. The van der Waals surface area contributed by atoms with Gasteiger partial charge in [-0.1, -0.05) is 40.5 Å². The van der Waals surface area contributed by atoms with Crippen molar-refractivity contribution in [2.45, 2.75) is 110 Å². The minimum atomic E-state index is -0.382. The van der Waals surface area contributed by atoms with Crippen LogP contribution in [0.4, 0.5) is 0 Å². The molecule has 0 amide bonds. The van der Waals surface area contributed by atoms with Crippen LogP contribution in [-0.2, 0) is 0 Å². The molecule has 2 N–H and O–H groups in total. The fourth-order valence-electron chi connectivity index (χ4n) is 7.74. The van der Waals surface area contributed by atoms with Crippen molar-refractivity contribution in [1.29, 1.82) is 0 Å². The van der Waals surface area contributed by atoms with Crippen LogP contribution in [0, 0.1) is 47.3 Å². The number of fused-ring (bicyclic) bond motifs is 1. The molecule has 28 heavy (non-hydrogen) atoms. The topological polar surface area (TPSA) is 40.5 Å². The molecular formula is C26H48O2. The van der Waals surface area contributed by atoms with Crippen LogP contribution in [0.25, 0.3) is 0 Å². The van der Waals surface area contributed by atoms with Crippen molar-refractivity contribution in [1.82, 2.24) is 0 Å². The highest BCUT2D eigenvalue weighted by Crippen LogP contribution is 2.55. The smallest absolute Gasteiger partial charge is 0.0653 e. The average Bonchev–Trinajstić information content (AvgIpc) is 3.14. The van der Waals surface area contributed by atoms with Crippen LogP contribution in [0.3, 0.4) is 0 Å². The van der Waals surface area contributed by atoms with Crippen molar-refractivity contribution in [3.05, 3.63) is 0 Å². The summed E-state index contributed by atoms with van der Waals surface area (Å²) in [5.74, 6) is 6.18. The van der Waals surface area contributed by atoms with E-state index in [0.717, 1.165) is 54.8 Å². The minimum Gasteiger partial charge on any atom is -0.396 e. The number of aliphatic hydroxyl groups excluding tert-OH is 1. The summed E-state index contributed by atoms with van der Waals surface area (Å²) in [6.45, 7) is 9.46. The van der Waals surface area contributed by atoms with E-state index in [1.165, 1.54) is 57.8 Å². The maximum absolute atomic E-state index is 11.2. The third kappa shape index (κ3) is 5.15. The first kappa shape index (κ1) is 22.6. The first-order valence-electron chi connectivity index (χ1n) is 12.7. The standard InChI is InChI=1S/C26H48O2/c1-5-6-7-25-23(21-9-8-20(14-21)19(4)17-27)11-10-22-16-26(28,15-18(2)3)13-12-24(22)25/h18-25,27-28H,5-17H2,1-4H3/t19?,20-,21+,22+,23-,24-,25-,26-/m0/s1. The molecular weight excluding hydrogens is 344 g/mol. The Hall–Kier alpha value is -0.0800.